The highest BCUT2D eigenvalue weighted by atomic mass is 19.2. The van der Waals surface area contributed by atoms with Crippen LogP contribution in [0.3, 0.4) is 0 Å². The average Bonchev–Trinajstić information content (AvgIpc) is 3.54. The molecule has 0 spiro atoms. The Kier molecular flexibility index (Phi) is 14.3. The fourth-order valence-electron chi connectivity index (χ4n) is 5.84. The molecule has 0 saturated carbocycles. The third kappa shape index (κ3) is 9.88. The van der Waals surface area contributed by atoms with E-state index < -0.39 is 209 Å². The van der Waals surface area contributed by atoms with Gasteiger partial charge in [-0.2, -0.15) is 35.1 Å². The zero-order valence-corrected chi connectivity index (χ0v) is 38.3. The number of methoxy groups -OCH3 is 4. The molecule has 0 aliphatic rings. The molecule has 0 aliphatic heterocycles. The van der Waals surface area contributed by atoms with Gasteiger partial charge in [0.25, 0.3) is 0 Å². The minimum atomic E-state index is -2.36. The zero-order chi connectivity index (χ0) is 57.8. The maximum Gasteiger partial charge on any atom is 0.331 e. The van der Waals surface area contributed by atoms with Crippen molar-refractivity contribution in [1.82, 2.24) is 59.8 Å². The van der Waals surface area contributed by atoms with E-state index in [0.717, 1.165) is 28.4 Å². The van der Waals surface area contributed by atoms with Gasteiger partial charge < -0.3 is 54.3 Å². The van der Waals surface area contributed by atoms with Crippen molar-refractivity contribution in [2.24, 2.45) is 0 Å². The molecule has 0 unspecified atom stereocenters. The van der Waals surface area contributed by atoms with Gasteiger partial charge >= 0.3 is 70.8 Å². The quantitative estimate of drug-likeness (QED) is 0.0898. The molecule has 0 N–H and O–H groups in total. The van der Waals surface area contributed by atoms with Gasteiger partial charge in [-0.15, -0.1) is 59.8 Å². The van der Waals surface area contributed by atoms with Crippen LogP contribution in [0.15, 0.2) is 35.3 Å². The summed E-state index contributed by atoms with van der Waals surface area (Å²) in [5.74, 6) is -45.3. The molecule has 24 nitrogen and oxygen atoms in total. The standard InChI is InChI=1S/2C20H6F8N6O6/c2*1-35-15-29-17-33-18(30-15)38-12-8(26)4(22)6(24)10(28)14(12)40-20-32-16(36-2)31-19(34-20)39-13-9(27)5(23)3(21)7(25)11(13)37-17/h2*1-2H3. The smallest absolute Gasteiger partial charge is 0.331 e. The number of nitrogens with zero attached hydrogens (tertiary/aromatic N) is 12. The Hall–Kier alpha value is -10.6. The molecular weight excluding hydrogens is 1140 g/mol. The molecule has 416 valence electrons. The van der Waals surface area contributed by atoms with Gasteiger partial charge in [0.2, 0.25) is 138 Å². The van der Waals surface area contributed by atoms with Crippen LogP contribution in [-0.2, 0) is 0 Å². The molecule has 40 heteroatoms. The van der Waals surface area contributed by atoms with E-state index in [9.17, 15) is 70.2 Å². The highest BCUT2D eigenvalue weighted by Gasteiger charge is 2.29. The molecule has 0 atom stereocenters. The van der Waals surface area contributed by atoms with Crippen LogP contribution >= 0.6 is 0 Å². The molecule has 0 fully saturated rings. The second-order valence-corrected chi connectivity index (χ2v) is 14.0. The summed E-state index contributed by atoms with van der Waals surface area (Å²) in [5, 5.41) is 0. The third-order valence-electron chi connectivity index (χ3n) is 9.30. The first-order valence-electron chi connectivity index (χ1n) is 20.1. The first-order valence-corrected chi connectivity index (χ1v) is 20.1. The average molecular weight is 1160 g/mol. The fraction of sp³-hybridized carbons (Fsp3) is 0.100. The molecule has 10 rings (SSSR count). The van der Waals surface area contributed by atoms with Gasteiger partial charge in [0.05, 0.1) is 28.4 Å². The Morgan fingerprint density at radius 1 is 0.188 bits per heavy atom. The molecule has 0 aliphatic carbocycles. The molecule has 8 bridgehead atoms. The largest absolute Gasteiger partial charge is 0.467 e. The molecule has 6 heterocycles. The second kappa shape index (κ2) is 21.1. The SMILES string of the molecule is COc1nc2nc(n1)oc1c(F)c(F)c(F)c(F)c1oc1nc(OC)nc(n1)oc1c(F)c(F)c(F)c(F)c1o2.COc1nc2nc(n1)oc1c(F)c(F)c(F)c(F)c1oc1nc(OC)nc(n1)oc1c(F)c(F)c(F)c(F)c1o2. The number of ether oxygens (including phenoxy) is 4. The van der Waals surface area contributed by atoms with Crippen LogP contribution in [-0.4, -0.2) is 88.2 Å². The van der Waals surface area contributed by atoms with Crippen LogP contribution in [0.2, 0.25) is 0 Å². The zero-order valence-electron chi connectivity index (χ0n) is 38.3. The van der Waals surface area contributed by atoms with Gasteiger partial charge in [0.15, 0.2) is 0 Å². The molecule has 80 heavy (non-hydrogen) atoms. The summed E-state index contributed by atoms with van der Waals surface area (Å²) in [6.45, 7) is 0. The van der Waals surface area contributed by atoms with Crippen molar-refractivity contribution in [2.45, 2.75) is 0 Å². The number of aromatic nitrogens is 12. The highest BCUT2D eigenvalue weighted by Crippen LogP contribution is 2.32. The number of hydrogen-bond acceptors (Lipinski definition) is 24. The monoisotopic (exact) mass is 1160 g/mol. The van der Waals surface area contributed by atoms with Gasteiger partial charge in [-0.05, 0) is 0 Å². The lowest BCUT2D eigenvalue weighted by atomic mass is 10.3. The van der Waals surface area contributed by atoms with Crippen molar-refractivity contribution < 1.29 is 125 Å². The topological polar surface area (TPSA) is 297 Å². The van der Waals surface area contributed by atoms with E-state index in [1.165, 1.54) is 0 Å². The van der Waals surface area contributed by atoms with Crippen LogP contribution in [0.4, 0.5) is 70.2 Å². The molecule has 0 radical (unpaired) electrons. The molecule has 4 aromatic carbocycles. The Labute approximate surface area is 421 Å². The summed E-state index contributed by atoms with van der Waals surface area (Å²) in [4.78, 5) is 41.7. The van der Waals surface area contributed by atoms with Gasteiger partial charge in [-0.1, -0.05) is 0 Å². The van der Waals surface area contributed by atoms with E-state index in [0.29, 0.717) is 0 Å². The minimum Gasteiger partial charge on any atom is -0.467 e. The summed E-state index contributed by atoms with van der Waals surface area (Å²) < 4.78 is 289. The van der Waals surface area contributed by atoms with Crippen molar-refractivity contribution in [1.29, 1.82) is 0 Å². The Bertz CT molecular complexity index is 3740. The highest BCUT2D eigenvalue weighted by molar-refractivity contribution is 5.75. The van der Waals surface area contributed by atoms with Gasteiger partial charge in [0.1, 0.15) is 0 Å². The molecule has 6 aromatic heterocycles. The van der Waals surface area contributed by atoms with Gasteiger partial charge in [-0.25, -0.2) is 35.1 Å². The van der Waals surface area contributed by atoms with Crippen LogP contribution in [0, 0.1) is 93.1 Å². The predicted molar refractivity (Wildman–Crippen MR) is 218 cm³/mol. The van der Waals surface area contributed by atoms with Crippen molar-refractivity contribution in [3.8, 4) is 24.0 Å². The number of halogens is 16. The lowest BCUT2D eigenvalue weighted by Gasteiger charge is -2.03. The number of benzene rings is 4. The summed E-state index contributed by atoms with van der Waals surface area (Å²) in [6.07, 6.45) is 0. The summed E-state index contributed by atoms with van der Waals surface area (Å²) in [6, 6.07) is -3.04. The fourth-order valence-corrected chi connectivity index (χ4v) is 5.84. The van der Waals surface area contributed by atoms with Gasteiger partial charge in [-0.3, -0.25) is 0 Å². The number of fused-ring (bicyclic) bond motifs is 12. The molecular formula is C40H12F16N12O12. The van der Waals surface area contributed by atoms with Crippen molar-refractivity contribution in [2.75, 3.05) is 28.4 Å². The van der Waals surface area contributed by atoms with E-state index >= 15 is 0 Å². The number of hydrogen-bond donors (Lipinski definition) is 0. The van der Waals surface area contributed by atoms with E-state index in [-0.39, 0.29) is 0 Å². The number of rotatable bonds is 4. The van der Waals surface area contributed by atoms with Gasteiger partial charge in [0, 0.05) is 0 Å². The van der Waals surface area contributed by atoms with Crippen LogP contribution in [0.5, 0.6) is 24.0 Å². The molecule has 10 aromatic rings. The van der Waals surface area contributed by atoms with Crippen LogP contribution in [0.25, 0.3) is 91.4 Å². The van der Waals surface area contributed by atoms with E-state index in [1.807, 2.05) is 0 Å². The molecule has 0 saturated heterocycles. The second-order valence-electron chi connectivity index (χ2n) is 14.0. The summed E-state index contributed by atoms with van der Waals surface area (Å²) in [5.41, 5.74) is -12.2. The van der Waals surface area contributed by atoms with Crippen LogP contribution in [0.1, 0.15) is 0 Å². The Balaban J connectivity index is 0.000000194. The summed E-state index contributed by atoms with van der Waals surface area (Å²) >= 11 is 0. The van der Waals surface area contributed by atoms with Crippen molar-refractivity contribution >= 4 is 91.4 Å². The van der Waals surface area contributed by atoms with Crippen LogP contribution < -0.4 is 18.9 Å². The van der Waals surface area contributed by atoms with E-state index in [4.69, 9.17) is 54.3 Å². The van der Waals surface area contributed by atoms with E-state index in [1.54, 1.807) is 0 Å². The van der Waals surface area contributed by atoms with Crippen molar-refractivity contribution in [3.05, 3.63) is 93.1 Å². The van der Waals surface area contributed by atoms with Crippen molar-refractivity contribution in [3.63, 3.8) is 0 Å². The first kappa shape index (κ1) is 54.2. The summed E-state index contributed by atoms with van der Waals surface area (Å²) in [7, 11) is 3.84. The minimum absolute atomic E-state index is 0.760. The Morgan fingerprint density at radius 3 is 0.400 bits per heavy atom. The lowest BCUT2D eigenvalue weighted by molar-refractivity contribution is 0.369. The van der Waals surface area contributed by atoms with E-state index in [2.05, 4.69) is 59.8 Å². The Morgan fingerprint density at radius 2 is 0.300 bits per heavy atom. The molecule has 0 amide bonds. The normalized spacial score (nSPS) is 11.2. The predicted octanol–water partition coefficient (Wildman–Crippen LogP) is 9.96. The maximum absolute atomic E-state index is 14.7. The maximum atomic E-state index is 14.7. The lowest BCUT2D eigenvalue weighted by Crippen LogP contribution is -2.00. The first-order chi connectivity index (χ1) is 38.0. The third-order valence-corrected chi connectivity index (χ3v) is 9.30.